The Balaban J connectivity index is 4.46. The average molecular weight is 197 g/mol. The fraction of sp³-hybridized carbons (Fsp3) is 1.00. The molecule has 0 saturated heterocycles. The van der Waals surface area contributed by atoms with Crippen LogP contribution in [0.4, 0.5) is 0 Å². The highest BCUT2D eigenvalue weighted by atomic mass is 32.3. The predicted molar refractivity (Wildman–Crippen MR) is 44.7 cm³/mol. The van der Waals surface area contributed by atoms with E-state index in [0.717, 1.165) is 7.11 Å². The van der Waals surface area contributed by atoms with Crippen molar-refractivity contribution in [2.24, 2.45) is 5.73 Å². The molecule has 0 aliphatic rings. The summed E-state index contributed by atoms with van der Waals surface area (Å²) >= 11 is 0. The normalized spacial score (nSPS) is 16.1. The molecule has 0 fully saturated rings. The van der Waals surface area contributed by atoms with E-state index >= 15 is 0 Å². The molecule has 0 aliphatic carbocycles. The molecule has 0 amide bonds. The molecule has 6 heteroatoms. The molecule has 0 bridgehead atoms. The van der Waals surface area contributed by atoms with Gasteiger partial charge in [0.25, 0.3) is 0 Å². The van der Waals surface area contributed by atoms with Crippen LogP contribution in [0.15, 0.2) is 0 Å². The van der Waals surface area contributed by atoms with Gasteiger partial charge in [0, 0.05) is 6.04 Å². The quantitative estimate of drug-likeness (QED) is 0.687. The maximum atomic E-state index is 10.8. The molecule has 1 atom stereocenters. The van der Waals surface area contributed by atoms with Gasteiger partial charge in [0.15, 0.2) is 0 Å². The van der Waals surface area contributed by atoms with Crippen molar-refractivity contribution >= 4 is 10.4 Å². The third-order valence-corrected chi connectivity index (χ3v) is 2.66. The zero-order valence-corrected chi connectivity index (χ0v) is 8.51. The molecule has 0 aromatic heterocycles. The van der Waals surface area contributed by atoms with Gasteiger partial charge < -0.3 is 5.73 Å². The minimum Gasteiger partial charge on any atom is -0.325 e. The SMILES string of the molecule is COS(=O)(=O)OC(C)(C)C(C)N. The molecule has 0 aromatic rings. The smallest absolute Gasteiger partial charge is 0.325 e. The highest BCUT2D eigenvalue weighted by molar-refractivity contribution is 7.81. The fourth-order valence-corrected chi connectivity index (χ4v) is 1.12. The summed E-state index contributed by atoms with van der Waals surface area (Å²) in [4.78, 5) is 0. The molecule has 1 unspecified atom stereocenters. The van der Waals surface area contributed by atoms with Crippen LogP contribution in [0.25, 0.3) is 0 Å². The van der Waals surface area contributed by atoms with Crippen LogP contribution in [0.3, 0.4) is 0 Å². The van der Waals surface area contributed by atoms with E-state index in [4.69, 9.17) is 5.73 Å². The van der Waals surface area contributed by atoms with Crippen molar-refractivity contribution in [2.75, 3.05) is 7.11 Å². The monoisotopic (exact) mass is 197 g/mol. The van der Waals surface area contributed by atoms with Crippen molar-refractivity contribution in [1.29, 1.82) is 0 Å². The second-order valence-electron chi connectivity index (χ2n) is 3.05. The topological polar surface area (TPSA) is 78.6 Å². The first kappa shape index (κ1) is 11.8. The molecule has 0 saturated carbocycles. The van der Waals surface area contributed by atoms with Crippen LogP contribution in [-0.2, 0) is 18.8 Å². The molecule has 5 nitrogen and oxygen atoms in total. The number of nitrogens with two attached hydrogens (primary N) is 1. The van der Waals surface area contributed by atoms with E-state index in [0.29, 0.717) is 0 Å². The first-order chi connectivity index (χ1) is 5.21. The first-order valence-electron chi connectivity index (χ1n) is 3.48. The minimum atomic E-state index is -3.90. The van der Waals surface area contributed by atoms with E-state index in [1.165, 1.54) is 0 Å². The lowest BCUT2D eigenvalue weighted by Crippen LogP contribution is -2.44. The van der Waals surface area contributed by atoms with Crippen LogP contribution in [0.2, 0.25) is 0 Å². The van der Waals surface area contributed by atoms with Crippen LogP contribution in [0.1, 0.15) is 20.8 Å². The molecule has 12 heavy (non-hydrogen) atoms. The zero-order chi connectivity index (χ0) is 9.99. The van der Waals surface area contributed by atoms with Crippen molar-refractivity contribution in [3.05, 3.63) is 0 Å². The first-order valence-corrected chi connectivity index (χ1v) is 4.81. The Morgan fingerprint density at radius 2 is 1.83 bits per heavy atom. The highest BCUT2D eigenvalue weighted by Gasteiger charge is 2.30. The standard InChI is InChI=1S/C6H15NO4S/c1-5(7)6(2,3)11-12(8,9)10-4/h5H,7H2,1-4H3. The van der Waals surface area contributed by atoms with Gasteiger partial charge in [-0.05, 0) is 20.8 Å². The van der Waals surface area contributed by atoms with Gasteiger partial charge in [-0.15, -0.1) is 0 Å². The summed E-state index contributed by atoms with van der Waals surface area (Å²) in [7, 11) is -2.87. The van der Waals surface area contributed by atoms with Gasteiger partial charge in [-0.25, -0.2) is 4.18 Å². The predicted octanol–water partition coefficient (Wildman–Crippen LogP) is 0.0200. The summed E-state index contributed by atoms with van der Waals surface area (Å²) < 4.78 is 30.4. The van der Waals surface area contributed by atoms with E-state index in [-0.39, 0.29) is 0 Å². The molecule has 2 N–H and O–H groups in total. The van der Waals surface area contributed by atoms with Gasteiger partial charge >= 0.3 is 10.4 Å². The second-order valence-corrected chi connectivity index (χ2v) is 4.37. The maximum Gasteiger partial charge on any atom is 0.400 e. The van der Waals surface area contributed by atoms with Crippen molar-refractivity contribution in [1.82, 2.24) is 0 Å². The summed E-state index contributed by atoms with van der Waals surface area (Å²) in [5.74, 6) is 0. The van der Waals surface area contributed by atoms with Crippen molar-refractivity contribution < 1.29 is 16.8 Å². The lowest BCUT2D eigenvalue weighted by molar-refractivity contribution is 0.0731. The van der Waals surface area contributed by atoms with Crippen LogP contribution >= 0.6 is 0 Å². The molecule has 0 rings (SSSR count). The Morgan fingerprint density at radius 1 is 1.42 bits per heavy atom. The van der Waals surface area contributed by atoms with Crippen LogP contribution in [0.5, 0.6) is 0 Å². The Bertz CT molecular complexity index is 232. The van der Waals surface area contributed by atoms with Gasteiger partial charge in [0.05, 0.1) is 12.7 Å². The summed E-state index contributed by atoms with van der Waals surface area (Å²) in [5, 5.41) is 0. The third-order valence-electron chi connectivity index (χ3n) is 1.62. The van der Waals surface area contributed by atoms with E-state index in [1.807, 2.05) is 0 Å². The molecule has 0 aliphatic heterocycles. The lowest BCUT2D eigenvalue weighted by atomic mass is 10.0. The maximum absolute atomic E-state index is 10.8. The van der Waals surface area contributed by atoms with Gasteiger partial charge in [0.1, 0.15) is 0 Å². The molecule has 0 heterocycles. The Labute approximate surface area is 73.2 Å². The second kappa shape index (κ2) is 3.69. The summed E-state index contributed by atoms with van der Waals surface area (Å²) in [6.07, 6.45) is 0. The molecule has 0 spiro atoms. The molecule has 0 aromatic carbocycles. The van der Waals surface area contributed by atoms with Crippen molar-refractivity contribution in [3.63, 3.8) is 0 Å². The van der Waals surface area contributed by atoms with Gasteiger partial charge in [-0.1, -0.05) is 0 Å². The molecular weight excluding hydrogens is 182 g/mol. The van der Waals surface area contributed by atoms with Crippen molar-refractivity contribution in [2.45, 2.75) is 32.4 Å². The van der Waals surface area contributed by atoms with Gasteiger partial charge in [0.2, 0.25) is 0 Å². The molecule has 74 valence electrons. The number of hydrogen-bond donors (Lipinski definition) is 1. The fourth-order valence-electron chi connectivity index (χ4n) is 0.373. The van der Waals surface area contributed by atoms with Crippen LogP contribution < -0.4 is 5.73 Å². The zero-order valence-electron chi connectivity index (χ0n) is 7.70. The molecule has 0 radical (unpaired) electrons. The Hall–Kier alpha value is -0.170. The van der Waals surface area contributed by atoms with Gasteiger partial charge in [-0.3, -0.25) is 4.18 Å². The lowest BCUT2D eigenvalue weighted by Gasteiger charge is -2.27. The summed E-state index contributed by atoms with van der Waals surface area (Å²) in [6, 6.07) is -0.401. The Morgan fingerprint density at radius 3 is 2.08 bits per heavy atom. The number of rotatable bonds is 4. The van der Waals surface area contributed by atoms with Crippen LogP contribution in [-0.4, -0.2) is 27.2 Å². The van der Waals surface area contributed by atoms with Gasteiger partial charge in [-0.2, -0.15) is 8.42 Å². The summed E-state index contributed by atoms with van der Waals surface area (Å²) in [6.45, 7) is 4.81. The average Bonchev–Trinajstić information content (AvgIpc) is 1.85. The van der Waals surface area contributed by atoms with E-state index < -0.39 is 22.0 Å². The summed E-state index contributed by atoms with van der Waals surface area (Å²) in [5.41, 5.74) is 4.54. The third kappa shape index (κ3) is 3.48. The van der Waals surface area contributed by atoms with E-state index in [2.05, 4.69) is 8.37 Å². The van der Waals surface area contributed by atoms with E-state index in [1.54, 1.807) is 20.8 Å². The largest absolute Gasteiger partial charge is 0.400 e. The van der Waals surface area contributed by atoms with E-state index in [9.17, 15) is 8.42 Å². The highest BCUT2D eigenvalue weighted by Crippen LogP contribution is 2.16. The minimum absolute atomic E-state index is 0.401. The molecular formula is C6H15NO4S. The number of hydrogen-bond acceptors (Lipinski definition) is 5. The van der Waals surface area contributed by atoms with Crippen molar-refractivity contribution in [3.8, 4) is 0 Å². The Kier molecular flexibility index (Phi) is 3.64. The van der Waals surface area contributed by atoms with Crippen LogP contribution in [0, 0.1) is 0 Å².